The van der Waals surface area contributed by atoms with Gasteiger partial charge in [-0.15, -0.1) is 13.2 Å². The zero-order valence-corrected chi connectivity index (χ0v) is 8.62. The maximum atomic E-state index is 12.6. The number of hydrogen-bond acceptors (Lipinski definition) is 1. The number of alkyl halides is 10. The van der Waals surface area contributed by atoms with Gasteiger partial charge in [0.25, 0.3) is 5.97 Å². The predicted octanol–water partition coefficient (Wildman–Crippen LogP) is 4.25. The van der Waals surface area contributed by atoms with Gasteiger partial charge in [-0.3, -0.25) is 0 Å². The first kappa shape index (κ1) is 16.6. The summed E-state index contributed by atoms with van der Waals surface area (Å²) in [6.07, 6.45) is -5.86. The molecule has 0 radical (unpaired) electrons. The molecule has 0 fully saturated rings. The van der Waals surface area contributed by atoms with Crippen molar-refractivity contribution in [3.8, 4) is 0 Å². The van der Waals surface area contributed by atoms with E-state index in [1.165, 1.54) is 0 Å². The Kier molecular flexibility index (Phi) is 4.28. The monoisotopic (exact) mass is 315 g/mol. The van der Waals surface area contributed by atoms with Crippen LogP contribution in [0.15, 0.2) is 4.99 Å². The Morgan fingerprint density at radius 3 is 1.41 bits per heavy atom. The van der Waals surface area contributed by atoms with E-state index in [0.29, 0.717) is 0 Å². The predicted molar refractivity (Wildman–Crippen MR) is 40.0 cm³/mol. The smallest absolute Gasteiger partial charge is 0.210 e. The molecule has 12 heteroatoms. The van der Waals surface area contributed by atoms with Gasteiger partial charge in [0.05, 0.1) is 0 Å². The van der Waals surface area contributed by atoms with Crippen LogP contribution in [-0.2, 0) is 0 Å². The van der Waals surface area contributed by atoms with Crippen molar-refractivity contribution in [2.75, 3.05) is 0 Å². The Labute approximate surface area is 97.2 Å². The molecule has 0 heterocycles. The normalized spacial score (nSPS) is 19.1. The summed E-state index contributed by atoms with van der Waals surface area (Å²) in [5.41, 5.74) is 0. The number of rotatable bonds is 3. The SMILES string of the molecule is FC(=NC(F)(F)F)C(F)(F)C(F)(Cl)C(F)(F)Cl. The second-order valence-corrected chi connectivity index (χ2v) is 3.51. The Morgan fingerprint density at radius 1 is 0.824 bits per heavy atom. The highest BCUT2D eigenvalue weighted by Crippen LogP contribution is 2.50. The molecule has 102 valence electrons. The first-order valence-corrected chi connectivity index (χ1v) is 4.03. The third-order valence-electron chi connectivity index (χ3n) is 1.23. The molecule has 0 N–H and O–H groups in total. The maximum absolute atomic E-state index is 12.6. The fourth-order valence-corrected chi connectivity index (χ4v) is 0.686. The lowest BCUT2D eigenvalue weighted by atomic mass is 10.2. The highest BCUT2D eigenvalue weighted by atomic mass is 35.5. The minimum atomic E-state index is -6.07. The van der Waals surface area contributed by atoms with E-state index in [1.807, 2.05) is 0 Å². The second kappa shape index (κ2) is 4.38. The van der Waals surface area contributed by atoms with Crippen molar-refractivity contribution in [3.05, 3.63) is 0 Å². The summed E-state index contributed by atoms with van der Waals surface area (Å²) in [6, 6.07) is 0. The van der Waals surface area contributed by atoms with Gasteiger partial charge in [-0.25, -0.2) is 4.39 Å². The molecule has 0 bridgehead atoms. The number of aliphatic imine (C=N–C) groups is 1. The molecule has 0 aliphatic rings. The van der Waals surface area contributed by atoms with Crippen LogP contribution in [0.4, 0.5) is 39.5 Å². The number of hydrogen-bond donors (Lipinski definition) is 0. The van der Waals surface area contributed by atoms with E-state index in [4.69, 9.17) is 0 Å². The summed E-state index contributed by atoms with van der Waals surface area (Å²) in [5.74, 6) is -9.85. The molecule has 0 aliphatic heterocycles. The van der Waals surface area contributed by atoms with E-state index in [0.717, 1.165) is 4.99 Å². The first-order valence-electron chi connectivity index (χ1n) is 3.28. The molecule has 0 aromatic carbocycles. The van der Waals surface area contributed by atoms with Crippen molar-refractivity contribution >= 4 is 29.2 Å². The molecule has 0 aliphatic carbocycles. The number of nitrogens with zero attached hydrogens (tertiary/aromatic N) is 1. The van der Waals surface area contributed by atoms with Gasteiger partial charge < -0.3 is 0 Å². The van der Waals surface area contributed by atoms with Crippen LogP contribution in [0, 0.1) is 0 Å². The van der Waals surface area contributed by atoms with Crippen LogP contribution in [0.3, 0.4) is 0 Å². The van der Waals surface area contributed by atoms with Gasteiger partial charge in [-0.1, -0.05) is 11.6 Å². The van der Waals surface area contributed by atoms with Gasteiger partial charge >= 0.3 is 22.7 Å². The first-order chi connectivity index (χ1) is 7.13. The second-order valence-electron chi connectivity index (χ2n) is 2.52. The largest absolute Gasteiger partial charge is 0.505 e. The van der Waals surface area contributed by atoms with Gasteiger partial charge in [0.1, 0.15) is 0 Å². The molecule has 0 rings (SSSR count). The number of halogens is 11. The minimum absolute atomic E-state index is 0.744. The zero-order chi connectivity index (χ0) is 14.3. The van der Waals surface area contributed by atoms with Crippen molar-refractivity contribution in [2.45, 2.75) is 22.7 Å². The maximum Gasteiger partial charge on any atom is 0.505 e. The Hall–Kier alpha value is -0.380. The summed E-state index contributed by atoms with van der Waals surface area (Å²) in [7, 11) is 0. The highest BCUT2D eigenvalue weighted by molar-refractivity contribution is 6.34. The lowest BCUT2D eigenvalue weighted by Gasteiger charge is -2.28. The summed E-state index contributed by atoms with van der Waals surface area (Å²) in [5, 5.41) is -11.1. The van der Waals surface area contributed by atoms with Gasteiger partial charge in [0, 0.05) is 0 Å². The molecule has 0 aromatic heterocycles. The van der Waals surface area contributed by atoms with E-state index in [9.17, 15) is 39.5 Å². The summed E-state index contributed by atoms with van der Waals surface area (Å²) in [6.45, 7) is 0. The van der Waals surface area contributed by atoms with E-state index in [2.05, 4.69) is 23.2 Å². The molecule has 1 nitrogen and oxygen atoms in total. The lowest BCUT2D eigenvalue weighted by molar-refractivity contribution is -0.145. The highest BCUT2D eigenvalue weighted by Gasteiger charge is 2.72. The molecular weight excluding hydrogens is 316 g/mol. The van der Waals surface area contributed by atoms with Crippen LogP contribution in [0.1, 0.15) is 0 Å². The fourth-order valence-electron chi connectivity index (χ4n) is 0.489. The van der Waals surface area contributed by atoms with Crippen LogP contribution < -0.4 is 0 Å². The summed E-state index contributed by atoms with van der Waals surface area (Å²) in [4.78, 5) is 0.744. The van der Waals surface area contributed by atoms with Crippen molar-refractivity contribution in [3.63, 3.8) is 0 Å². The molecule has 0 aromatic rings. The fraction of sp³-hybridized carbons (Fsp3) is 0.800. The average molecular weight is 316 g/mol. The molecule has 0 spiro atoms. The summed E-state index contributed by atoms with van der Waals surface area (Å²) < 4.78 is 108. The molecule has 1 unspecified atom stereocenters. The molecule has 1 atom stereocenters. The Balaban J connectivity index is 5.51. The lowest BCUT2D eigenvalue weighted by Crippen LogP contribution is -2.54. The van der Waals surface area contributed by atoms with Crippen LogP contribution in [-0.4, -0.2) is 28.7 Å². The van der Waals surface area contributed by atoms with Crippen molar-refractivity contribution in [1.82, 2.24) is 0 Å². The van der Waals surface area contributed by atoms with Crippen LogP contribution >= 0.6 is 23.2 Å². The van der Waals surface area contributed by atoms with Crippen LogP contribution in [0.25, 0.3) is 0 Å². The molecular formula is C5Cl2F9N. The Bertz CT molecular complexity index is 314. The minimum Gasteiger partial charge on any atom is -0.210 e. The Morgan fingerprint density at radius 2 is 1.18 bits per heavy atom. The summed E-state index contributed by atoms with van der Waals surface area (Å²) >= 11 is 7.74. The zero-order valence-electron chi connectivity index (χ0n) is 7.10. The third kappa shape index (κ3) is 3.54. The molecule has 0 saturated heterocycles. The van der Waals surface area contributed by atoms with Crippen LogP contribution in [0.5, 0.6) is 0 Å². The van der Waals surface area contributed by atoms with Gasteiger partial charge in [-0.2, -0.15) is 26.9 Å². The third-order valence-corrected chi connectivity index (χ3v) is 2.07. The van der Waals surface area contributed by atoms with Crippen molar-refractivity contribution in [2.24, 2.45) is 4.99 Å². The van der Waals surface area contributed by atoms with E-state index < -0.39 is 28.7 Å². The van der Waals surface area contributed by atoms with Crippen molar-refractivity contribution < 1.29 is 39.5 Å². The van der Waals surface area contributed by atoms with E-state index in [-0.39, 0.29) is 0 Å². The van der Waals surface area contributed by atoms with E-state index >= 15 is 0 Å². The van der Waals surface area contributed by atoms with Gasteiger partial charge in [-0.05, 0) is 11.6 Å². The average Bonchev–Trinajstić information content (AvgIpc) is 1.97. The van der Waals surface area contributed by atoms with Gasteiger partial charge in [0.2, 0.25) is 0 Å². The molecule has 0 saturated carbocycles. The topological polar surface area (TPSA) is 12.4 Å². The van der Waals surface area contributed by atoms with Crippen molar-refractivity contribution in [1.29, 1.82) is 0 Å². The molecule has 0 amide bonds. The van der Waals surface area contributed by atoms with E-state index in [1.54, 1.807) is 0 Å². The van der Waals surface area contributed by atoms with Crippen LogP contribution in [0.2, 0.25) is 0 Å². The van der Waals surface area contributed by atoms with Gasteiger partial charge in [0.15, 0.2) is 0 Å². The molecule has 17 heavy (non-hydrogen) atoms. The quantitative estimate of drug-likeness (QED) is 0.319. The standard InChI is InChI=1S/C5Cl2F9N/c6-3(11,4(7,12)13)2(9,10)1(8)17-5(14,15)16.